The molecular weight excluding hydrogens is 228 g/mol. The Bertz CT molecular complexity index is 393. The molecule has 1 aromatic carbocycles. The number of nitrogens with one attached hydrogen (secondary N) is 2. The summed E-state index contributed by atoms with van der Waals surface area (Å²) in [6, 6.07) is 6.99. The van der Waals surface area contributed by atoms with Gasteiger partial charge in [0.1, 0.15) is 0 Å². The van der Waals surface area contributed by atoms with Crippen LogP contribution in [0.2, 0.25) is 5.02 Å². The van der Waals surface area contributed by atoms with Crippen LogP contribution in [0.5, 0.6) is 0 Å². The number of hydrogen-bond acceptors (Lipinski definition) is 2. The molecule has 0 aliphatic rings. The molecule has 1 rings (SSSR count). The summed E-state index contributed by atoms with van der Waals surface area (Å²) in [5.74, 6) is -0.326. The summed E-state index contributed by atoms with van der Waals surface area (Å²) in [6.45, 7) is 1.73. The van der Waals surface area contributed by atoms with E-state index >= 15 is 0 Å². The fourth-order valence-electron chi connectivity index (χ4n) is 1.13. The molecule has 0 unspecified atom stereocenters. The van der Waals surface area contributed by atoms with Crippen LogP contribution in [0.15, 0.2) is 24.3 Å². The van der Waals surface area contributed by atoms with Crippen LogP contribution in [-0.4, -0.2) is 18.4 Å². The number of halogens is 1. The fraction of sp³-hybridized carbons (Fsp3) is 0.273. The molecular formula is C11H13ClN2O2. The average Bonchev–Trinajstić information content (AvgIpc) is 2.21. The zero-order valence-electron chi connectivity index (χ0n) is 8.92. The first-order valence-corrected chi connectivity index (χ1v) is 5.26. The van der Waals surface area contributed by atoms with Crippen LogP contribution in [0, 0.1) is 0 Å². The van der Waals surface area contributed by atoms with Gasteiger partial charge in [0.15, 0.2) is 0 Å². The molecule has 16 heavy (non-hydrogen) atoms. The van der Waals surface area contributed by atoms with Crippen molar-refractivity contribution in [2.24, 2.45) is 0 Å². The molecule has 0 atom stereocenters. The van der Waals surface area contributed by atoms with Crippen molar-refractivity contribution in [3.63, 3.8) is 0 Å². The van der Waals surface area contributed by atoms with Crippen LogP contribution in [0.3, 0.4) is 0 Å². The van der Waals surface area contributed by atoms with Gasteiger partial charge in [-0.1, -0.05) is 23.7 Å². The van der Waals surface area contributed by atoms with Gasteiger partial charge in [0.05, 0.1) is 10.7 Å². The number of rotatable bonds is 4. The minimum Gasteiger partial charge on any atom is -0.356 e. The van der Waals surface area contributed by atoms with Crippen molar-refractivity contribution in [2.75, 3.05) is 11.9 Å². The minimum absolute atomic E-state index is 0.148. The van der Waals surface area contributed by atoms with E-state index in [0.717, 1.165) is 0 Å². The molecule has 86 valence electrons. The second-order valence-electron chi connectivity index (χ2n) is 3.26. The Morgan fingerprint density at radius 2 is 2.00 bits per heavy atom. The van der Waals surface area contributed by atoms with E-state index in [1.165, 1.54) is 6.92 Å². The highest BCUT2D eigenvalue weighted by Crippen LogP contribution is 2.20. The molecule has 0 heterocycles. The van der Waals surface area contributed by atoms with Crippen molar-refractivity contribution < 1.29 is 9.59 Å². The van der Waals surface area contributed by atoms with Gasteiger partial charge in [-0.3, -0.25) is 9.59 Å². The van der Waals surface area contributed by atoms with E-state index in [1.54, 1.807) is 24.3 Å². The van der Waals surface area contributed by atoms with Gasteiger partial charge in [-0.25, -0.2) is 0 Å². The highest BCUT2D eigenvalue weighted by molar-refractivity contribution is 6.33. The molecule has 0 bridgehead atoms. The number of para-hydroxylation sites is 1. The number of carbonyl (C=O) groups excluding carboxylic acids is 2. The van der Waals surface area contributed by atoms with E-state index in [-0.39, 0.29) is 18.2 Å². The first kappa shape index (κ1) is 12.5. The van der Waals surface area contributed by atoms with Gasteiger partial charge >= 0.3 is 0 Å². The van der Waals surface area contributed by atoms with Crippen LogP contribution in [0.4, 0.5) is 5.69 Å². The second-order valence-corrected chi connectivity index (χ2v) is 3.67. The summed E-state index contributed by atoms with van der Waals surface area (Å²) in [5.41, 5.74) is 0.581. The number of hydrogen-bond donors (Lipinski definition) is 2. The maximum absolute atomic E-state index is 11.4. The molecule has 0 saturated carbocycles. The quantitative estimate of drug-likeness (QED) is 0.843. The number of anilines is 1. The van der Waals surface area contributed by atoms with Crippen molar-refractivity contribution in [2.45, 2.75) is 13.3 Å². The molecule has 1 aromatic rings. The second kappa shape index (κ2) is 6.12. The van der Waals surface area contributed by atoms with Crippen molar-refractivity contribution in [1.82, 2.24) is 5.32 Å². The summed E-state index contributed by atoms with van der Waals surface area (Å²) < 4.78 is 0. The van der Waals surface area contributed by atoms with Crippen molar-refractivity contribution >= 4 is 29.1 Å². The normalized spacial score (nSPS) is 9.62. The lowest BCUT2D eigenvalue weighted by atomic mass is 10.3. The van der Waals surface area contributed by atoms with Crippen LogP contribution in [-0.2, 0) is 9.59 Å². The topological polar surface area (TPSA) is 58.2 Å². The summed E-state index contributed by atoms with van der Waals surface area (Å²) >= 11 is 5.87. The number of carbonyl (C=O) groups is 2. The predicted octanol–water partition coefficient (Wildman–Crippen LogP) is 1.80. The van der Waals surface area contributed by atoms with Gasteiger partial charge in [0.25, 0.3) is 0 Å². The molecule has 0 saturated heterocycles. The molecule has 0 aliphatic carbocycles. The third-order valence-electron chi connectivity index (χ3n) is 1.87. The largest absolute Gasteiger partial charge is 0.356 e. The van der Waals surface area contributed by atoms with E-state index in [1.807, 2.05) is 0 Å². The lowest BCUT2D eigenvalue weighted by Crippen LogP contribution is -2.25. The number of amides is 2. The van der Waals surface area contributed by atoms with E-state index in [4.69, 9.17) is 11.6 Å². The number of benzene rings is 1. The van der Waals surface area contributed by atoms with Gasteiger partial charge in [0, 0.05) is 19.9 Å². The Morgan fingerprint density at radius 1 is 1.31 bits per heavy atom. The Hall–Kier alpha value is -1.55. The monoisotopic (exact) mass is 240 g/mol. The zero-order chi connectivity index (χ0) is 12.0. The summed E-state index contributed by atoms with van der Waals surface area (Å²) in [7, 11) is 0. The molecule has 0 aromatic heterocycles. The van der Waals surface area contributed by atoms with Crippen molar-refractivity contribution in [3.05, 3.63) is 29.3 Å². The Kier molecular flexibility index (Phi) is 4.79. The van der Waals surface area contributed by atoms with Crippen LogP contribution >= 0.6 is 11.6 Å². The Balaban J connectivity index is 2.40. The van der Waals surface area contributed by atoms with Gasteiger partial charge in [-0.15, -0.1) is 0 Å². The lowest BCUT2D eigenvalue weighted by Gasteiger charge is -2.06. The van der Waals surface area contributed by atoms with Crippen LogP contribution in [0.1, 0.15) is 13.3 Å². The first-order chi connectivity index (χ1) is 7.59. The van der Waals surface area contributed by atoms with E-state index in [9.17, 15) is 9.59 Å². The third kappa shape index (κ3) is 4.31. The maximum atomic E-state index is 11.4. The van der Waals surface area contributed by atoms with Crippen LogP contribution in [0.25, 0.3) is 0 Å². The zero-order valence-corrected chi connectivity index (χ0v) is 9.67. The predicted molar refractivity (Wildman–Crippen MR) is 63.4 cm³/mol. The van der Waals surface area contributed by atoms with Crippen molar-refractivity contribution in [3.8, 4) is 0 Å². The average molecular weight is 241 g/mol. The molecule has 0 spiro atoms. The summed E-state index contributed by atoms with van der Waals surface area (Å²) in [5, 5.41) is 5.70. The molecule has 4 nitrogen and oxygen atoms in total. The smallest absolute Gasteiger partial charge is 0.226 e. The van der Waals surface area contributed by atoms with Crippen molar-refractivity contribution in [1.29, 1.82) is 0 Å². The van der Waals surface area contributed by atoms with Gasteiger partial charge in [-0.2, -0.15) is 0 Å². The first-order valence-electron chi connectivity index (χ1n) is 4.88. The fourth-order valence-corrected chi connectivity index (χ4v) is 1.31. The highest BCUT2D eigenvalue weighted by atomic mass is 35.5. The lowest BCUT2D eigenvalue weighted by molar-refractivity contribution is -0.119. The molecule has 0 radical (unpaired) electrons. The van der Waals surface area contributed by atoms with E-state index in [2.05, 4.69) is 10.6 Å². The van der Waals surface area contributed by atoms with E-state index < -0.39 is 0 Å². The molecule has 0 aliphatic heterocycles. The SMILES string of the molecule is CC(=O)NCCC(=O)Nc1ccccc1Cl. The molecule has 2 N–H and O–H groups in total. The standard InChI is InChI=1S/C11H13ClN2O2/c1-8(15)13-7-6-11(16)14-10-5-3-2-4-9(10)12/h2-5H,6-7H2,1H3,(H,13,15)(H,14,16). The van der Waals surface area contributed by atoms with Gasteiger partial charge < -0.3 is 10.6 Å². The summed E-state index contributed by atoms with van der Waals surface area (Å²) in [6.07, 6.45) is 0.227. The Morgan fingerprint density at radius 3 is 2.62 bits per heavy atom. The van der Waals surface area contributed by atoms with Gasteiger partial charge in [-0.05, 0) is 12.1 Å². The molecule has 0 fully saturated rings. The van der Waals surface area contributed by atoms with E-state index in [0.29, 0.717) is 17.3 Å². The van der Waals surface area contributed by atoms with Gasteiger partial charge in [0.2, 0.25) is 11.8 Å². The summed E-state index contributed by atoms with van der Waals surface area (Å²) in [4.78, 5) is 22.0. The highest BCUT2D eigenvalue weighted by Gasteiger charge is 2.04. The molecule has 5 heteroatoms. The van der Waals surface area contributed by atoms with Crippen LogP contribution < -0.4 is 10.6 Å². The minimum atomic E-state index is -0.179. The molecule has 2 amide bonds. The maximum Gasteiger partial charge on any atom is 0.226 e. The Labute approximate surface area is 99.0 Å². The third-order valence-corrected chi connectivity index (χ3v) is 2.20.